The summed E-state index contributed by atoms with van der Waals surface area (Å²) in [6.45, 7) is 5.16. The minimum absolute atomic E-state index is 0.819. The van der Waals surface area contributed by atoms with Crippen LogP contribution < -0.4 is 11.5 Å². The monoisotopic (exact) mass is 326 g/mol. The van der Waals surface area contributed by atoms with Gasteiger partial charge in [-0.1, -0.05) is 103 Å². The quantitative estimate of drug-likeness (QED) is 0.311. The third-order valence-electron chi connectivity index (χ3n) is 4.15. The van der Waals surface area contributed by atoms with Crippen molar-refractivity contribution in [2.24, 2.45) is 11.5 Å². The predicted molar refractivity (Wildman–Crippen MR) is 108 cm³/mol. The SMILES string of the molecule is CCCCCCCCCCCCCCCCC=CN.CCCN. The van der Waals surface area contributed by atoms with E-state index >= 15 is 0 Å². The molecule has 0 aliphatic rings. The normalized spacial score (nSPS) is 10.7. The Labute approximate surface area is 147 Å². The molecule has 0 spiro atoms. The van der Waals surface area contributed by atoms with Gasteiger partial charge in [0.1, 0.15) is 0 Å². The van der Waals surface area contributed by atoms with Crippen molar-refractivity contribution in [2.75, 3.05) is 6.54 Å². The van der Waals surface area contributed by atoms with E-state index in [0.29, 0.717) is 0 Å². The Kier molecular flexibility index (Phi) is 28.4. The first kappa shape index (κ1) is 24.7. The molecule has 0 fully saturated rings. The van der Waals surface area contributed by atoms with Gasteiger partial charge in [-0.25, -0.2) is 0 Å². The minimum Gasteiger partial charge on any atom is -0.405 e. The molecular weight excluding hydrogens is 280 g/mol. The zero-order valence-electron chi connectivity index (χ0n) is 16.3. The minimum atomic E-state index is 0.819. The fourth-order valence-electron chi connectivity index (χ4n) is 2.55. The Morgan fingerprint density at radius 1 is 0.565 bits per heavy atom. The van der Waals surface area contributed by atoms with Crippen LogP contribution in [0.3, 0.4) is 0 Å². The Balaban J connectivity index is 0. The van der Waals surface area contributed by atoms with E-state index in [2.05, 4.69) is 19.9 Å². The molecule has 0 unspecified atom stereocenters. The van der Waals surface area contributed by atoms with E-state index in [9.17, 15) is 0 Å². The summed E-state index contributed by atoms with van der Waals surface area (Å²) in [7, 11) is 0. The van der Waals surface area contributed by atoms with Crippen LogP contribution in [-0.4, -0.2) is 6.54 Å². The van der Waals surface area contributed by atoms with E-state index in [-0.39, 0.29) is 0 Å². The van der Waals surface area contributed by atoms with Crippen molar-refractivity contribution in [3.8, 4) is 0 Å². The Bertz CT molecular complexity index is 200. The van der Waals surface area contributed by atoms with Crippen molar-refractivity contribution < 1.29 is 0 Å². The molecule has 0 aromatic heterocycles. The number of hydrogen-bond acceptors (Lipinski definition) is 2. The molecule has 140 valence electrons. The average molecular weight is 327 g/mol. The lowest BCUT2D eigenvalue weighted by Crippen LogP contribution is -1.93. The van der Waals surface area contributed by atoms with Crippen LogP contribution in [0.4, 0.5) is 0 Å². The maximum Gasteiger partial charge on any atom is -0.00799 e. The third kappa shape index (κ3) is 30.0. The molecule has 0 aliphatic heterocycles. The first-order valence-electron chi connectivity index (χ1n) is 10.4. The molecule has 23 heavy (non-hydrogen) atoms. The molecule has 0 heterocycles. The molecule has 0 saturated heterocycles. The molecule has 2 nitrogen and oxygen atoms in total. The van der Waals surface area contributed by atoms with E-state index in [1.165, 1.54) is 89.9 Å². The first-order chi connectivity index (χ1) is 11.3. The lowest BCUT2D eigenvalue weighted by molar-refractivity contribution is 0.536. The van der Waals surface area contributed by atoms with Crippen LogP contribution in [-0.2, 0) is 0 Å². The molecule has 0 radical (unpaired) electrons. The number of nitrogens with two attached hydrogens (primary N) is 2. The molecule has 0 saturated carbocycles. The van der Waals surface area contributed by atoms with Crippen molar-refractivity contribution in [3.63, 3.8) is 0 Å². The smallest absolute Gasteiger partial charge is 0.00799 e. The van der Waals surface area contributed by atoms with E-state index < -0.39 is 0 Å². The highest BCUT2D eigenvalue weighted by Crippen LogP contribution is 2.13. The lowest BCUT2D eigenvalue weighted by atomic mass is 10.0. The van der Waals surface area contributed by atoms with Gasteiger partial charge in [0.15, 0.2) is 0 Å². The van der Waals surface area contributed by atoms with Gasteiger partial charge in [0.2, 0.25) is 0 Å². The Morgan fingerprint density at radius 2 is 0.913 bits per heavy atom. The first-order valence-corrected chi connectivity index (χ1v) is 10.4. The van der Waals surface area contributed by atoms with Crippen molar-refractivity contribution in [2.45, 2.75) is 117 Å². The Morgan fingerprint density at radius 3 is 1.22 bits per heavy atom. The van der Waals surface area contributed by atoms with Crippen LogP contribution >= 0.6 is 0 Å². The molecule has 0 amide bonds. The van der Waals surface area contributed by atoms with Crippen LogP contribution in [0.1, 0.15) is 117 Å². The largest absolute Gasteiger partial charge is 0.405 e. The van der Waals surface area contributed by atoms with E-state index in [4.69, 9.17) is 11.5 Å². The zero-order chi connectivity index (χ0) is 17.4. The molecular formula is C21H46N2. The maximum absolute atomic E-state index is 5.30. The molecule has 2 heteroatoms. The van der Waals surface area contributed by atoms with Crippen LogP contribution in [0.25, 0.3) is 0 Å². The highest BCUT2D eigenvalue weighted by atomic mass is 14.5. The van der Waals surface area contributed by atoms with E-state index in [1.54, 1.807) is 6.20 Å². The lowest BCUT2D eigenvalue weighted by Gasteiger charge is -2.02. The third-order valence-corrected chi connectivity index (χ3v) is 4.15. The van der Waals surface area contributed by atoms with E-state index in [0.717, 1.165) is 19.4 Å². The summed E-state index contributed by atoms with van der Waals surface area (Å²) in [5, 5.41) is 0. The van der Waals surface area contributed by atoms with Gasteiger partial charge in [-0.05, 0) is 32.0 Å². The zero-order valence-corrected chi connectivity index (χ0v) is 16.3. The van der Waals surface area contributed by atoms with Gasteiger partial charge in [0.25, 0.3) is 0 Å². The summed E-state index contributed by atoms with van der Waals surface area (Å²) >= 11 is 0. The summed E-state index contributed by atoms with van der Waals surface area (Å²) in [6.07, 6.45) is 26.0. The van der Waals surface area contributed by atoms with Crippen LogP contribution in [0.15, 0.2) is 12.3 Å². The molecule has 0 bridgehead atoms. The van der Waals surface area contributed by atoms with Gasteiger partial charge < -0.3 is 11.5 Å². The van der Waals surface area contributed by atoms with Crippen LogP contribution in [0.2, 0.25) is 0 Å². The molecule has 0 rings (SSSR count). The Hall–Kier alpha value is -0.500. The van der Waals surface area contributed by atoms with Crippen LogP contribution in [0.5, 0.6) is 0 Å². The topological polar surface area (TPSA) is 52.0 Å². The highest BCUT2D eigenvalue weighted by molar-refractivity contribution is 4.74. The average Bonchev–Trinajstić information content (AvgIpc) is 2.58. The van der Waals surface area contributed by atoms with Gasteiger partial charge in [-0.2, -0.15) is 0 Å². The van der Waals surface area contributed by atoms with Gasteiger partial charge in [-0.3, -0.25) is 0 Å². The van der Waals surface area contributed by atoms with Crippen molar-refractivity contribution in [1.82, 2.24) is 0 Å². The summed E-state index contributed by atoms with van der Waals surface area (Å²) < 4.78 is 0. The molecule has 4 N–H and O–H groups in total. The predicted octanol–water partition coefficient (Wildman–Crippen LogP) is 6.69. The van der Waals surface area contributed by atoms with Gasteiger partial charge in [0.05, 0.1) is 0 Å². The van der Waals surface area contributed by atoms with Gasteiger partial charge in [-0.15, -0.1) is 0 Å². The highest BCUT2D eigenvalue weighted by Gasteiger charge is 1.93. The number of allylic oxidation sites excluding steroid dienone is 1. The van der Waals surface area contributed by atoms with Gasteiger partial charge >= 0.3 is 0 Å². The van der Waals surface area contributed by atoms with Crippen molar-refractivity contribution in [3.05, 3.63) is 12.3 Å². The standard InChI is InChI=1S/C18H37N.C3H9N/c1-2-3-4-5-6-7-8-9-10-11-12-13-14-15-16-17-18-19;1-2-3-4/h17-18H,2-16,19H2,1H3;2-4H2,1H3. The second kappa shape index (κ2) is 26.4. The van der Waals surface area contributed by atoms with Gasteiger partial charge in [0, 0.05) is 0 Å². The molecule has 0 aromatic carbocycles. The second-order valence-electron chi connectivity index (χ2n) is 6.60. The summed E-state index contributed by atoms with van der Waals surface area (Å²) in [6, 6.07) is 0. The fraction of sp³-hybridized carbons (Fsp3) is 0.905. The second-order valence-corrected chi connectivity index (χ2v) is 6.60. The number of rotatable bonds is 16. The van der Waals surface area contributed by atoms with Crippen molar-refractivity contribution >= 4 is 0 Å². The maximum atomic E-state index is 5.30. The molecule has 0 aliphatic carbocycles. The van der Waals surface area contributed by atoms with Crippen LogP contribution in [0, 0.1) is 0 Å². The summed E-state index contributed by atoms with van der Waals surface area (Å²) in [5.74, 6) is 0. The number of hydrogen-bond donors (Lipinski definition) is 2. The molecule has 0 aromatic rings. The van der Waals surface area contributed by atoms with Crippen molar-refractivity contribution in [1.29, 1.82) is 0 Å². The fourth-order valence-corrected chi connectivity index (χ4v) is 2.55. The molecule has 0 atom stereocenters. The summed E-state index contributed by atoms with van der Waals surface area (Å²) in [5.41, 5.74) is 10.3. The summed E-state index contributed by atoms with van der Waals surface area (Å²) in [4.78, 5) is 0. The van der Waals surface area contributed by atoms with E-state index in [1.807, 2.05) is 0 Å². The number of unbranched alkanes of at least 4 members (excludes halogenated alkanes) is 14.